The van der Waals surface area contributed by atoms with Crippen LogP contribution in [0, 0.1) is 6.92 Å². The number of benzene rings is 3. The molecule has 8 nitrogen and oxygen atoms in total. The second-order valence-corrected chi connectivity index (χ2v) is 11.2. The van der Waals surface area contributed by atoms with Gasteiger partial charge in [0.1, 0.15) is 0 Å². The van der Waals surface area contributed by atoms with Crippen LogP contribution < -0.4 is 5.32 Å². The van der Waals surface area contributed by atoms with Gasteiger partial charge in [-0.2, -0.15) is 8.42 Å². The van der Waals surface area contributed by atoms with Crippen molar-refractivity contribution >= 4 is 10.1 Å². The van der Waals surface area contributed by atoms with E-state index in [9.17, 15) is 8.42 Å². The minimum absolute atomic E-state index is 0.150. The highest BCUT2D eigenvalue weighted by Crippen LogP contribution is 2.13. The Hall–Kier alpha value is -2.63. The van der Waals surface area contributed by atoms with Crippen LogP contribution >= 0.6 is 0 Å². The number of rotatable bonds is 16. The first kappa shape index (κ1) is 37.4. The first-order chi connectivity index (χ1) is 20.3. The highest BCUT2D eigenvalue weighted by Gasteiger charge is 2.15. The monoisotopic (exact) mass is 601 g/mol. The Balaban J connectivity index is 0.000000389. The molecule has 0 aliphatic carbocycles. The number of hydrogen-bond acceptors (Lipinski definition) is 8. The minimum Gasteiger partial charge on any atom is -0.395 e. The van der Waals surface area contributed by atoms with E-state index in [0.717, 1.165) is 51.4 Å². The van der Waals surface area contributed by atoms with Gasteiger partial charge in [0.2, 0.25) is 0 Å². The normalized spacial score (nSPS) is 11.0. The molecule has 0 radical (unpaired) electrons. The van der Waals surface area contributed by atoms with Crippen LogP contribution in [0.5, 0.6) is 0 Å². The Kier molecular flexibility index (Phi) is 20.4. The second kappa shape index (κ2) is 22.9. The van der Waals surface area contributed by atoms with Crippen LogP contribution in [0.1, 0.15) is 37.5 Å². The Bertz CT molecular complexity index is 1140. The molecule has 0 bridgehead atoms. The predicted molar refractivity (Wildman–Crippen MR) is 172 cm³/mol. The van der Waals surface area contributed by atoms with E-state index in [-0.39, 0.29) is 24.7 Å². The van der Waals surface area contributed by atoms with Crippen molar-refractivity contribution in [3.05, 3.63) is 102 Å². The lowest BCUT2D eigenvalue weighted by Gasteiger charge is -2.20. The highest BCUT2D eigenvalue weighted by molar-refractivity contribution is 7.86. The minimum atomic E-state index is -3.68. The lowest BCUT2D eigenvalue weighted by Crippen LogP contribution is -2.27. The van der Waals surface area contributed by atoms with Crippen LogP contribution in [0.15, 0.2) is 89.8 Å². The van der Waals surface area contributed by atoms with Gasteiger partial charge in [-0.1, -0.05) is 99.1 Å². The van der Waals surface area contributed by atoms with Crippen molar-refractivity contribution in [2.75, 3.05) is 59.1 Å². The summed E-state index contributed by atoms with van der Waals surface area (Å²) >= 11 is 0. The number of aliphatic hydroxyl groups excluding tert-OH is 2. The van der Waals surface area contributed by atoms with E-state index >= 15 is 0 Å². The fraction of sp³-hybridized carbons (Fsp3) is 0.455. The van der Waals surface area contributed by atoms with Gasteiger partial charge in [0.05, 0.1) is 24.7 Å². The molecule has 0 heterocycles. The molecule has 42 heavy (non-hydrogen) atoms. The predicted octanol–water partition coefficient (Wildman–Crippen LogP) is 4.31. The van der Waals surface area contributed by atoms with Crippen LogP contribution in [-0.2, 0) is 27.4 Å². The van der Waals surface area contributed by atoms with Gasteiger partial charge in [-0.15, -0.1) is 0 Å². The van der Waals surface area contributed by atoms with E-state index in [0.29, 0.717) is 6.54 Å². The molecule has 0 aromatic heterocycles. The lowest BCUT2D eigenvalue weighted by atomic mass is 10.2. The van der Waals surface area contributed by atoms with E-state index in [2.05, 4.69) is 53.2 Å². The molecule has 3 rings (SSSR count). The number of nitrogens with one attached hydrogen (secondary N) is 1. The second-order valence-electron chi connectivity index (χ2n) is 9.60. The zero-order valence-electron chi connectivity index (χ0n) is 25.8. The molecule has 0 atom stereocenters. The smallest absolute Gasteiger partial charge is 0.297 e. The van der Waals surface area contributed by atoms with Crippen molar-refractivity contribution in [3.63, 3.8) is 0 Å². The zero-order valence-corrected chi connectivity index (χ0v) is 26.6. The van der Waals surface area contributed by atoms with Crippen molar-refractivity contribution in [1.29, 1.82) is 0 Å². The quantitative estimate of drug-likeness (QED) is 0.165. The van der Waals surface area contributed by atoms with Gasteiger partial charge >= 0.3 is 0 Å². The summed E-state index contributed by atoms with van der Waals surface area (Å²) in [7, 11) is -3.68. The summed E-state index contributed by atoms with van der Waals surface area (Å²) in [5.41, 5.74) is 3.53. The summed E-state index contributed by atoms with van der Waals surface area (Å²) in [4.78, 5) is 4.57. The van der Waals surface area contributed by atoms with Gasteiger partial charge in [-0.25, -0.2) is 0 Å². The third kappa shape index (κ3) is 16.7. The summed E-state index contributed by atoms with van der Waals surface area (Å²) in [6, 6.07) is 27.1. The molecule has 0 saturated heterocycles. The van der Waals surface area contributed by atoms with Crippen molar-refractivity contribution in [3.8, 4) is 0 Å². The van der Waals surface area contributed by atoms with Crippen LogP contribution in [0.3, 0.4) is 0 Å². The van der Waals surface area contributed by atoms with Gasteiger partial charge in [-0.3, -0.25) is 14.0 Å². The van der Waals surface area contributed by atoms with E-state index in [1.54, 1.807) is 24.3 Å². The van der Waals surface area contributed by atoms with E-state index in [4.69, 9.17) is 14.4 Å². The largest absolute Gasteiger partial charge is 0.395 e. The zero-order chi connectivity index (χ0) is 31.1. The molecule has 3 N–H and O–H groups in total. The summed E-state index contributed by atoms with van der Waals surface area (Å²) in [6.07, 6.45) is 0. The van der Waals surface area contributed by atoms with E-state index < -0.39 is 10.1 Å². The number of hydrogen-bond donors (Lipinski definition) is 3. The van der Waals surface area contributed by atoms with Crippen LogP contribution in [0.4, 0.5) is 0 Å². The van der Waals surface area contributed by atoms with Crippen molar-refractivity contribution < 1.29 is 22.8 Å². The van der Waals surface area contributed by atoms with Gasteiger partial charge in [-0.05, 0) is 49.8 Å². The van der Waals surface area contributed by atoms with Crippen LogP contribution in [0.25, 0.3) is 0 Å². The molecule has 0 unspecified atom stereocenters. The molecule has 3 aromatic rings. The Morgan fingerprint density at radius 3 is 1.62 bits per heavy atom. The summed E-state index contributed by atoms with van der Waals surface area (Å²) in [5, 5.41) is 19.9. The van der Waals surface area contributed by atoms with Gasteiger partial charge in [0, 0.05) is 32.7 Å². The SMILES string of the molecule is CCN(CCO)Cc1ccccc1.CCN(CCOS(=O)(=O)c1ccc(C)cc1)Cc1ccccc1.CCNCCO. The van der Waals surface area contributed by atoms with Gasteiger partial charge in [0.25, 0.3) is 10.1 Å². The van der Waals surface area contributed by atoms with Crippen LogP contribution in [0.2, 0.25) is 0 Å². The van der Waals surface area contributed by atoms with E-state index in [1.807, 2.05) is 50.2 Å². The van der Waals surface area contributed by atoms with Crippen molar-refractivity contribution in [2.24, 2.45) is 0 Å². The molecule has 234 valence electrons. The topological polar surface area (TPSA) is 102 Å². The third-order valence-electron chi connectivity index (χ3n) is 6.30. The van der Waals surface area contributed by atoms with Crippen molar-refractivity contribution in [1.82, 2.24) is 15.1 Å². The molecule has 0 aliphatic rings. The standard InChI is InChI=1S/C18H23NO3S.C11H17NO.C4H11NO/c1-3-19(15-17-7-5-4-6-8-17)13-14-22-23(20,21)18-11-9-16(2)10-12-18;1-2-12(8-9-13)10-11-6-4-3-5-7-11;1-2-5-3-4-6/h4-12H,3,13-15H2,1-2H3;3-7,13H,2,8-10H2,1H3;5-6H,2-4H2,1H3. The maximum absolute atomic E-state index is 12.1. The average Bonchev–Trinajstić information content (AvgIpc) is 3.01. The molecule has 3 aromatic carbocycles. The number of aliphatic hydroxyl groups is 2. The highest BCUT2D eigenvalue weighted by atomic mass is 32.2. The first-order valence-electron chi connectivity index (χ1n) is 14.7. The Morgan fingerprint density at radius 2 is 1.21 bits per heavy atom. The van der Waals surface area contributed by atoms with Gasteiger partial charge < -0.3 is 15.5 Å². The number of nitrogens with zero attached hydrogens (tertiary/aromatic N) is 2. The molecule has 0 aliphatic heterocycles. The molecule has 0 saturated carbocycles. The average molecular weight is 602 g/mol. The van der Waals surface area contributed by atoms with Gasteiger partial charge in [0.15, 0.2) is 0 Å². The Morgan fingerprint density at radius 1 is 0.714 bits per heavy atom. The number of aryl methyl sites for hydroxylation is 1. The number of likely N-dealkylation sites (N-methyl/N-ethyl adjacent to an activating group) is 3. The van der Waals surface area contributed by atoms with E-state index in [1.165, 1.54) is 11.1 Å². The lowest BCUT2D eigenvalue weighted by molar-refractivity contribution is 0.197. The fourth-order valence-electron chi connectivity index (χ4n) is 3.83. The summed E-state index contributed by atoms with van der Waals surface area (Å²) in [5.74, 6) is 0. The fourth-order valence-corrected chi connectivity index (χ4v) is 4.73. The molecular formula is C33H51N3O5S. The molecular weight excluding hydrogens is 550 g/mol. The molecule has 9 heteroatoms. The summed E-state index contributed by atoms with van der Waals surface area (Å²) in [6.45, 7) is 15.2. The molecule has 0 spiro atoms. The maximum atomic E-state index is 12.1. The van der Waals surface area contributed by atoms with Crippen molar-refractivity contribution in [2.45, 2.75) is 45.7 Å². The molecule has 0 amide bonds. The van der Waals surface area contributed by atoms with Crippen LogP contribution in [-0.4, -0.2) is 87.5 Å². The third-order valence-corrected chi connectivity index (χ3v) is 7.63. The maximum Gasteiger partial charge on any atom is 0.297 e. The Labute approximate surface area is 254 Å². The summed E-state index contributed by atoms with van der Waals surface area (Å²) < 4.78 is 29.4. The first-order valence-corrected chi connectivity index (χ1v) is 16.1. The molecule has 0 fully saturated rings.